The van der Waals surface area contributed by atoms with E-state index in [1.807, 2.05) is 27.7 Å². The van der Waals surface area contributed by atoms with E-state index in [1.165, 1.54) is 0 Å². The van der Waals surface area contributed by atoms with Crippen LogP contribution < -0.4 is 10.6 Å². The highest BCUT2D eigenvalue weighted by molar-refractivity contribution is 8.32. The SMILES string of the molecule is CCc1c(-c2ccc(NC(=O)[C@@H](NC(=O)c3ccnn3C(C)C)[C@H]3CC[C@H](C)CC3)nc2F)c(C)nn1COCCS(C)(C)C. The zero-order valence-electron chi connectivity index (χ0n) is 28.0. The van der Waals surface area contributed by atoms with E-state index in [1.54, 1.807) is 33.8 Å². The molecular formula is C33H50FN7O3S. The van der Waals surface area contributed by atoms with Crippen molar-refractivity contribution in [2.24, 2.45) is 11.8 Å². The third kappa shape index (κ3) is 8.72. The highest BCUT2D eigenvalue weighted by Gasteiger charge is 2.34. The molecule has 0 unspecified atom stereocenters. The lowest BCUT2D eigenvalue weighted by molar-refractivity contribution is -0.119. The second-order valence-corrected chi connectivity index (χ2v) is 17.9. The summed E-state index contributed by atoms with van der Waals surface area (Å²) < 4.78 is 25.0. The van der Waals surface area contributed by atoms with Crippen LogP contribution in [0, 0.1) is 24.7 Å². The van der Waals surface area contributed by atoms with Crippen molar-refractivity contribution < 1.29 is 18.7 Å². The van der Waals surface area contributed by atoms with Crippen molar-refractivity contribution in [3.05, 3.63) is 47.4 Å². The Morgan fingerprint density at radius 1 is 1.13 bits per heavy atom. The van der Waals surface area contributed by atoms with Gasteiger partial charge in [-0.15, -0.1) is 0 Å². The molecule has 1 aliphatic carbocycles. The number of aromatic nitrogens is 5. The van der Waals surface area contributed by atoms with E-state index < -0.39 is 27.9 Å². The first-order valence-corrected chi connectivity index (χ1v) is 18.9. The topological polar surface area (TPSA) is 116 Å². The van der Waals surface area contributed by atoms with Gasteiger partial charge < -0.3 is 15.4 Å². The molecule has 248 valence electrons. The predicted octanol–water partition coefficient (Wildman–Crippen LogP) is 5.96. The Morgan fingerprint density at radius 2 is 1.84 bits per heavy atom. The molecule has 0 aliphatic heterocycles. The molecule has 3 aromatic heterocycles. The van der Waals surface area contributed by atoms with Crippen molar-refractivity contribution in [1.82, 2.24) is 29.9 Å². The Morgan fingerprint density at radius 3 is 2.47 bits per heavy atom. The maximum atomic E-state index is 15.6. The molecule has 0 aromatic carbocycles. The predicted molar refractivity (Wildman–Crippen MR) is 179 cm³/mol. The first-order valence-electron chi connectivity index (χ1n) is 15.9. The molecular weight excluding hydrogens is 593 g/mol. The zero-order valence-corrected chi connectivity index (χ0v) is 28.8. The van der Waals surface area contributed by atoms with E-state index in [2.05, 4.69) is 51.5 Å². The summed E-state index contributed by atoms with van der Waals surface area (Å²) in [4.78, 5) is 31.2. The number of carbonyl (C=O) groups excluding carboxylic acids is 2. The first kappa shape index (κ1) is 34.6. The Bertz CT molecular complexity index is 1470. The third-order valence-corrected chi connectivity index (χ3v) is 9.87. The van der Waals surface area contributed by atoms with Gasteiger partial charge in [0.15, 0.2) is 0 Å². The number of nitrogens with one attached hydrogen (secondary N) is 2. The van der Waals surface area contributed by atoms with Gasteiger partial charge in [0, 0.05) is 34.8 Å². The lowest BCUT2D eigenvalue weighted by Gasteiger charge is -2.32. The van der Waals surface area contributed by atoms with E-state index >= 15 is 4.39 Å². The molecule has 1 aliphatic rings. The molecule has 45 heavy (non-hydrogen) atoms. The fraction of sp³-hybridized carbons (Fsp3) is 0.606. The number of ether oxygens (including phenoxy) is 1. The minimum atomic E-state index is -0.794. The molecule has 10 nitrogen and oxygen atoms in total. The number of halogens is 1. The minimum Gasteiger partial charge on any atom is -0.358 e. The van der Waals surface area contributed by atoms with Crippen LogP contribution in [-0.4, -0.2) is 73.5 Å². The van der Waals surface area contributed by atoms with Crippen molar-refractivity contribution in [3.63, 3.8) is 0 Å². The van der Waals surface area contributed by atoms with Gasteiger partial charge >= 0.3 is 0 Å². The molecule has 2 N–H and O–H groups in total. The number of carbonyl (C=O) groups is 2. The summed E-state index contributed by atoms with van der Waals surface area (Å²) in [5.41, 5.74) is 2.95. The van der Waals surface area contributed by atoms with Gasteiger partial charge in [-0.25, -0.2) is 19.7 Å². The zero-order chi connectivity index (χ0) is 32.9. The summed E-state index contributed by atoms with van der Waals surface area (Å²) in [5, 5.41) is 14.7. The van der Waals surface area contributed by atoms with Crippen LogP contribution in [0.2, 0.25) is 0 Å². The van der Waals surface area contributed by atoms with Crippen LogP contribution in [-0.2, 0) is 22.7 Å². The normalized spacial score (nSPS) is 18.2. The summed E-state index contributed by atoms with van der Waals surface area (Å²) in [6.07, 6.45) is 12.6. The Labute approximate surface area is 268 Å². The lowest BCUT2D eigenvalue weighted by atomic mass is 9.79. The fourth-order valence-corrected chi connectivity index (χ4v) is 6.56. The molecule has 12 heteroatoms. The molecule has 0 spiro atoms. The number of hydrogen-bond acceptors (Lipinski definition) is 6. The van der Waals surface area contributed by atoms with Crippen LogP contribution in [0.5, 0.6) is 0 Å². The van der Waals surface area contributed by atoms with Gasteiger partial charge in [-0.3, -0.25) is 14.3 Å². The third-order valence-electron chi connectivity index (χ3n) is 8.48. The van der Waals surface area contributed by atoms with E-state index in [4.69, 9.17) is 4.74 Å². The molecule has 1 atom stereocenters. The average Bonchev–Trinajstić information content (AvgIpc) is 3.59. The van der Waals surface area contributed by atoms with Crippen molar-refractivity contribution in [2.75, 3.05) is 36.4 Å². The molecule has 0 bridgehead atoms. The number of amides is 2. The van der Waals surface area contributed by atoms with E-state index in [9.17, 15) is 9.59 Å². The van der Waals surface area contributed by atoms with Crippen molar-refractivity contribution >= 4 is 27.7 Å². The number of rotatable bonds is 13. The molecule has 4 rings (SSSR count). The highest BCUT2D eigenvalue weighted by atomic mass is 32.3. The maximum absolute atomic E-state index is 15.6. The Hall–Kier alpha value is -3.25. The summed E-state index contributed by atoms with van der Waals surface area (Å²) >= 11 is 0. The molecule has 1 fully saturated rings. The van der Waals surface area contributed by atoms with Crippen LogP contribution in [0.3, 0.4) is 0 Å². The van der Waals surface area contributed by atoms with Gasteiger partial charge in [0.05, 0.1) is 12.3 Å². The number of hydrogen-bond donors (Lipinski definition) is 2. The standard InChI is InChI=1S/C33H50FN7O3S/c1-9-26-29(23(5)39-40(26)20-44-18-19-45(6,7)8)25-14-15-28(36-31(25)34)37-33(43)30(24-12-10-22(4)11-13-24)38-32(42)27-16-17-35-41(27)21(2)3/h14-17,21-22,24,30H,9-13,18-20H2,1-8H3,(H,38,42)(H,36,37,43)/t22-,24-,30-/m0/s1. The summed E-state index contributed by atoms with van der Waals surface area (Å²) in [7, 11) is -0.661. The van der Waals surface area contributed by atoms with Gasteiger partial charge in [-0.2, -0.15) is 14.6 Å². The smallest absolute Gasteiger partial charge is 0.270 e. The van der Waals surface area contributed by atoms with Gasteiger partial charge in [-0.05, 0) is 88.8 Å². The highest BCUT2D eigenvalue weighted by Crippen LogP contribution is 2.34. The molecule has 3 aromatic rings. The van der Waals surface area contributed by atoms with Crippen molar-refractivity contribution in [2.45, 2.75) is 85.5 Å². The van der Waals surface area contributed by atoms with Crippen molar-refractivity contribution in [1.29, 1.82) is 0 Å². The van der Waals surface area contributed by atoms with Crippen LogP contribution in [0.4, 0.5) is 10.2 Å². The van der Waals surface area contributed by atoms with Crippen LogP contribution in [0.25, 0.3) is 11.1 Å². The van der Waals surface area contributed by atoms with Crippen LogP contribution in [0.15, 0.2) is 24.4 Å². The quantitative estimate of drug-likeness (QED) is 0.175. The molecule has 3 heterocycles. The second kappa shape index (κ2) is 14.9. The molecule has 0 saturated heterocycles. The summed E-state index contributed by atoms with van der Waals surface area (Å²) in [6, 6.07) is 4.07. The van der Waals surface area contributed by atoms with Gasteiger partial charge in [0.25, 0.3) is 5.91 Å². The van der Waals surface area contributed by atoms with E-state index in [0.717, 1.165) is 37.1 Å². The van der Waals surface area contributed by atoms with Gasteiger partial charge in [0.1, 0.15) is 24.3 Å². The monoisotopic (exact) mass is 643 g/mol. The largest absolute Gasteiger partial charge is 0.358 e. The molecule has 0 radical (unpaired) electrons. The van der Waals surface area contributed by atoms with E-state index in [-0.39, 0.29) is 23.7 Å². The number of pyridine rings is 1. The first-order chi connectivity index (χ1) is 21.3. The lowest BCUT2D eigenvalue weighted by Crippen LogP contribution is -2.49. The number of aryl methyl sites for hydroxylation is 1. The summed E-state index contributed by atoms with van der Waals surface area (Å²) in [5.74, 6) is 0.146. The average molecular weight is 644 g/mol. The van der Waals surface area contributed by atoms with Crippen LogP contribution in [0.1, 0.15) is 81.3 Å². The summed E-state index contributed by atoms with van der Waals surface area (Å²) in [6.45, 7) is 10.9. The fourth-order valence-electron chi connectivity index (χ4n) is 5.94. The van der Waals surface area contributed by atoms with Crippen molar-refractivity contribution in [3.8, 4) is 11.1 Å². The van der Waals surface area contributed by atoms with E-state index in [0.29, 0.717) is 48.2 Å². The molecule has 2 amide bonds. The second-order valence-electron chi connectivity index (χ2n) is 13.3. The Balaban J connectivity index is 1.52. The van der Waals surface area contributed by atoms with Gasteiger partial charge in [-0.1, -0.05) is 26.7 Å². The van der Waals surface area contributed by atoms with Gasteiger partial charge in [0.2, 0.25) is 11.9 Å². The Kier molecular flexibility index (Phi) is 11.5. The minimum absolute atomic E-state index is 0.0138. The molecule has 1 saturated carbocycles. The maximum Gasteiger partial charge on any atom is 0.270 e. The number of nitrogens with zero attached hydrogens (tertiary/aromatic N) is 5. The number of anilines is 1. The van der Waals surface area contributed by atoms with Crippen LogP contribution >= 0.6 is 10.0 Å².